The number of rotatable bonds is 0. The molecule has 30 heavy (non-hydrogen) atoms. The van der Waals surface area contributed by atoms with E-state index in [1.165, 1.54) is 28.2 Å². The van der Waals surface area contributed by atoms with Gasteiger partial charge < -0.3 is 0 Å². The minimum absolute atomic E-state index is 0.0602. The van der Waals surface area contributed by atoms with Crippen molar-refractivity contribution in [2.75, 3.05) is 0 Å². The van der Waals surface area contributed by atoms with Crippen molar-refractivity contribution in [2.45, 2.75) is 69.2 Å². The second kappa shape index (κ2) is 14.3. The van der Waals surface area contributed by atoms with E-state index >= 15 is 0 Å². The maximum atomic E-state index is 13.4. The number of benzene rings is 2. The van der Waals surface area contributed by atoms with Crippen LogP contribution in [-0.4, -0.2) is 0 Å². The van der Waals surface area contributed by atoms with Crippen molar-refractivity contribution in [3.63, 3.8) is 0 Å². The molecule has 0 amide bonds. The Kier molecular flexibility index (Phi) is 13.4. The summed E-state index contributed by atoms with van der Waals surface area (Å²) >= 11 is 3.04. The Morgan fingerprint density at radius 1 is 0.667 bits per heavy atom. The van der Waals surface area contributed by atoms with Gasteiger partial charge in [-0.1, -0.05) is 65.8 Å². The summed E-state index contributed by atoms with van der Waals surface area (Å²) in [6.07, 6.45) is 0. The maximum Gasteiger partial charge on any atom is 0.144 e. The van der Waals surface area contributed by atoms with Gasteiger partial charge in [-0.25, -0.2) is 8.78 Å². The number of hydrogen-bond acceptors (Lipinski definition) is 2. The quantitative estimate of drug-likeness (QED) is 0.250. The standard InChI is InChI=1S/2C10H9FS.3C2H6/c1-6-3-4-8-5-7(2)12-10(8)9(6)11;1-6-3-4-8-9(5-6)12-7(2)10(8)11;3*1-2/h2*3-5H,1-2H3;3*1-2H3. The lowest BCUT2D eigenvalue weighted by Crippen LogP contribution is -1.79. The molecule has 0 bridgehead atoms. The molecule has 0 spiro atoms. The third-order valence-corrected chi connectivity index (χ3v) is 5.99. The average molecular weight is 451 g/mol. The number of thiophene rings is 2. The number of fused-ring (bicyclic) bond motifs is 2. The van der Waals surface area contributed by atoms with Gasteiger partial charge in [0.15, 0.2) is 0 Å². The van der Waals surface area contributed by atoms with Crippen LogP contribution in [0.2, 0.25) is 0 Å². The van der Waals surface area contributed by atoms with Crippen LogP contribution in [0.5, 0.6) is 0 Å². The van der Waals surface area contributed by atoms with Crippen LogP contribution in [0.15, 0.2) is 36.4 Å². The van der Waals surface area contributed by atoms with Gasteiger partial charge in [0, 0.05) is 19.8 Å². The van der Waals surface area contributed by atoms with Crippen molar-refractivity contribution < 1.29 is 8.78 Å². The summed E-state index contributed by atoms with van der Waals surface area (Å²) in [5.74, 6) is -0.124. The van der Waals surface area contributed by atoms with Gasteiger partial charge in [0.2, 0.25) is 0 Å². The molecule has 4 heteroatoms. The minimum atomic E-state index is -0.0643. The topological polar surface area (TPSA) is 0 Å². The van der Waals surface area contributed by atoms with E-state index in [2.05, 4.69) is 0 Å². The molecule has 2 aromatic carbocycles. The van der Waals surface area contributed by atoms with Crippen molar-refractivity contribution >= 4 is 42.8 Å². The van der Waals surface area contributed by atoms with Crippen LogP contribution in [0.25, 0.3) is 20.2 Å². The first-order valence-electron chi connectivity index (χ1n) is 10.7. The Hall–Kier alpha value is -1.78. The molecule has 0 saturated heterocycles. The molecule has 0 atom stereocenters. The number of hydrogen-bond donors (Lipinski definition) is 0. The first-order chi connectivity index (χ1) is 14.4. The molecular weight excluding hydrogens is 414 g/mol. The van der Waals surface area contributed by atoms with Crippen molar-refractivity contribution in [1.82, 2.24) is 0 Å². The Labute approximate surface area is 189 Å². The Morgan fingerprint density at radius 3 is 1.87 bits per heavy atom. The molecule has 0 aliphatic carbocycles. The van der Waals surface area contributed by atoms with E-state index in [-0.39, 0.29) is 11.6 Å². The zero-order valence-corrected chi connectivity index (χ0v) is 21.7. The van der Waals surface area contributed by atoms with Gasteiger partial charge in [-0.15, -0.1) is 22.7 Å². The van der Waals surface area contributed by atoms with E-state index in [1.807, 2.05) is 98.7 Å². The van der Waals surface area contributed by atoms with Crippen molar-refractivity contribution in [3.05, 3.63) is 68.9 Å². The molecule has 4 aromatic rings. The first-order valence-corrected chi connectivity index (χ1v) is 12.3. The fourth-order valence-corrected chi connectivity index (χ4v) is 4.64. The molecule has 0 N–H and O–H groups in total. The Morgan fingerprint density at radius 2 is 1.27 bits per heavy atom. The molecule has 166 valence electrons. The van der Waals surface area contributed by atoms with Gasteiger partial charge in [0.1, 0.15) is 11.6 Å². The van der Waals surface area contributed by atoms with Crippen molar-refractivity contribution in [2.24, 2.45) is 0 Å². The summed E-state index contributed by atoms with van der Waals surface area (Å²) in [5.41, 5.74) is 1.91. The second-order valence-electron chi connectivity index (χ2n) is 5.94. The summed E-state index contributed by atoms with van der Waals surface area (Å²) in [5, 5.41) is 1.77. The highest BCUT2D eigenvalue weighted by Crippen LogP contribution is 2.30. The van der Waals surface area contributed by atoms with Crippen molar-refractivity contribution in [1.29, 1.82) is 0 Å². The fraction of sp³-hybridized carbons (Fsp3) is 0.385. The zero-order chi connectivity index (χ0) is 23.4. The molecular formula is C26H36F2S2. The van der Waals surface area contributed by atoms with Gasteiger partial charge >= 0.3 is 0 Å². The molecule has 0 aliphatic rings. The lowest BCUT2D eigenvalue weighted by molar-refractivity contribution is 0.632. The molecule has 4 rings (SSSR count). The molecule has 0 saturated carbocycles. The van der Waals surface area contributed by atoms with Gasteiger partial charge in [-0.2, -0.15) is 0 Å². The Bertz CT molecular complexity index is 1030. The molecule has 0 radical (unpaired) electrons. The molecule has 0 unspecified atom stereocenters. The highest BCUT2D eigenvalue weighted by atomic mass is 32.1. The molecule has 2 aromatic heterocycles. The van der Waals surface area contributed by atoms with E-state index in [4.69, 9.17) is 0 Å². The lowest BCUT2D eigenvalue weighted by Gasteiger charge is -1.95. The summed E-state index contributed by atoms with van der Waals surface area (Å²) in [6, 6.07) is 11.6. The van der Waals surface area contributed by atoms with Crippen LogP contribution in [0.1, 0.15) is 62.4 Å². The molecule has 0 fully saturated rings. The fourth-order valence-electron chi connectivity index (χ4n) is 2.59. The summed E-state index contributed by atoms with van der Waals surface area (Å²) < 4.78 is 28.6. The smallest absolute Gasteiger partial charge is 0.144 e. The third kappa shape index (κ3) is 7.17. The number of aryl methyl sites for hydroxylation is 4. The third-order valence-electron chi connectivity index (χ3n) is 3.89. The first kappa shape index (κ1) is 28.2. The predicted molar refractivity (Wildman–Crippen MR) is 137 cm³/mol. The van der Waals surface area contributed by atoms with Crippen LogP contribution in [0.3, 0.4) is 0 Å². The SMILES string of the molecule is CC.CC.CC.Cc1cc2ccc(C)c(F)c2s1.Cc1ccc2c(F)c(C)sc2c1. The molecule has 0 nitrogen and oxygen atoms in total. The summed E-state index contributed by atoms with van der Waals surface area (Å²) in [6.45, 7) is 19.6. The molecule has 0 aliphatic heterocycles. The maximum absolute atomic E-state index is 13.4. The summed E-state index contributed by atoms with van der Waals surface area (Å²) in [7, 11) is 0. The van der Waals surface area contributed by atoms with E-state index in [9.17, 15) is 8.78 Å². The van der Waals surface area contributed by atoms with Crippen molar-refractivity contribution in [3.8, 4) is 0 Å². The van der Waals surface area contributed by atoms with E-state index in [1.54, 1.807) is 6.92 Å². The van der Waals surface area contributed by atoms with E-state index < -0.39 is 0 Å². The summed E-state index contributed by atoms with van der Waals surface area (Å²) in [4.78, 5) is 1.94. The van der Waals surface area contributed by atoms with E-state index in [0.717, 1.165) is 35.5 Å². The average Bonchev–Trinajstić information content (AvgIpc) is 3.29. The van der Waals surface area contributed by atoms with Crippen LogP contribution >= 0.6 is 22.7 Å². The highest BCUT2D eigenvalue weighted by molar-refractivity contribution is 7.19. The lowest BCUT2D eigenvalue weighted by atomic mass is 10.2. The van der Waals surface area contributed by atoms with Crippen LogP contribution in [-0.2, 0) is 0 Å². The number of halogens is 2. The van der Waals surface area contributed by atoms with Gasteiger partial charge in [-0.05, 0) is 56.3 Å². The normalized spacial score (nSPS) is 9.33. The highest BCUT2D eigenvalue weighted by Gasteiger charge is 2.07. The largest absolute Gasteiger partial charge is 0.205 e. The minimum Gasteiger partial charge on any atom is -0.205 e. The van der Waals surface area contributed by atoms with Crippen LogP contribution in [0, 0.1) is 39.3 Å². The van der Waals surface area contributed by atoms with Gasteiger partial charge in [0.05, 0.1) is 4.70 Å². The van der Waals surface area contributed by atoms with Crippen LogP contribution in [0.4, 0.5) is 8.78 Å². The van der Waals surface area contributed by atoms with Gasteiger partial charge in [0.25, 0.3) is 0 Å². The Balaban J connectivity index is 0.000000450. The van der Waals surface area contributed by atoms with E-state index in [0.29, 0.717) is 0 Å². The predicted octanol–water partition coefficient (Wildman–Crippen LogP) is 10.4. The van der Waals surface area contributed by atoms with Gasteiger partial charge in [-0.3, -0.25) is 0 Å². The molecule has 2 heterocycles. The second-order valence-corrected chi connectivity index (χ2v) is 8.46. The monoisotopic (exact) mass is 450 g/mol. The van der Waals surface area contributed by atoms with Crippen LogP contribution < -0.4 is 0 Å². The zero-order valence-electron chi connectivity index (χ0n) is 20.0.